The predicted octanol–water partition coefficient (Wildman–Crippen LogP) is 0.491. The first-order valence-corrected chi connectivity index (χ1v) is 6.06. The van der Waals surface area contributed by atoms with Gasteiger partial charge < -0.3 is 19.5 Å². The summed E-state index contributed by atoms with van der Waals surface area (Å²) in [5.74, 6) is -0.394. The predicted molar refractivity (Wildman–Crippen MR) is 70.7 cm³/mol. The first-order chi connectivity index (χ1) is 9.67. The molecule has 1 aromatic rings. The first kappa shape index (κ1) is 13.9. The third-order valence-electron chi connectivity index (χ3n) is 2.75. The number of hydrogen-bond donors (Lipinski definition) is 1. The van der Waals surface area contributed by atoms with Crippen LogP contribution in [-0.2, 0) is 14.4 Å². The van der Waals surface area contributed by atoms with Crippen molar-refractivity contribution in [2.75, 3.05) is 13.7 Å². The van der Waals surface area contributed by atoms with Crippen LogP contribution in [0.2, 0.25) is 0 Å². The Labute approximate surface area is 115 Å². The molecule has 1 aliphatic rings. The van der Waals surface area contributed by atoms with E-state index in [9.17, 15) is 9.59 Å². The molecule has 7 nitrogen and oxygen atoms in total. The summed E-state index contributed by atoms with van der Waals surface area (Å²) < 4.78 is 5.11. The van der Waals surface area contributed by atoms with E-state index in [2.05, 4.69) is 15.3 Å². The number of β-lactam (4-membered cyclic amide) rings is 1. The molecule has 1 aromatic heterocycles. The van der Waals surface area contributed by atoms with Gasteiger partial charge in [-0.25, -0.2) is 0 Å². The molecule has 1 fully saturated rings. The van der Waals surface area contributed by atoms with Gasteiger partial charge in [0.05, 0.1) is 12.8 Å². The second-order valence-corrected chi connectivity index (χ2v) is 4.10. The molecule has 0 saturated carbocycles. The van der Waals surface area contributed by atoms with Crippen molar-refractivity contribution in [3.8, 4) is 0 Å². The van der Waals surface area contributed by atoms with E-state index in [1.54, 1.807) is 24.4 Å². The number of nitrogens with one attached hydrogen (secondary N) is 1. The number of nitrogens with zero attached hydrogens (tertiary/aromatic N) is 2. The molecular formula is C13H15N3O4. The van der Waals surface area contributed by atoms with Crippen molar-refractivity contribution in [1.29, 1.82) is 0 Å². The first-order valence-electron chi connectivity index (χ1n) is 6.06. The Kier molecular flexibility index (Phi) is 4.19. The van der Waals surface area contributed by atoms with Crippen molar-refractivity contribution >= 4 is 17.5 Å². The Morgan fingerprint density at radius 3 is 3.00 bits per heavy atom. The SMILES string of the molecule is CC=CN1CC(NC(=O)C(=NOC)c2ccco2)C1=O. The number of hydrogen-bond acceptors (Lipinski definition) is 5. The molecule has 2 rings (SSSR count). The van der Waals surface area contributed by atoms with Crippen LogP contribution >= 0.6 is 0 Å². The number of likely N-dealkylation sites (tertiary alicyclic amines) is 1. The highest BCUT2D eigenvalue weighted by molar-refractivity contribution is 6.44. The molecule has 1 aliphatic heterocycles. The van der Waals surface area contributed by atoms with Crippen LogP contribution in [0.25, 0.3) is 0 Å². The second kappa shape index (κ2) is 6.05. The third kappa shape index (κ3) is 2.71. The Balaban J connectivity index is 2.01. The quantitative estimate of drug-likeness (QED) is 0.482. The molecule has 0 spiro atoms. The lowest BCUT2D eigenvalue weighted by atomic mass is 10.1. The summed E-state index contributed by atoms with van der Waals surface area (Å²) in [5.41, 5.74) is -0.00483. The standard InChI is InChI=1S/C13H15N3O4/c1-3-6-16-8-9(13(16)18)14-12(17)11(15-19-2)10-5-4-7-20-10/h3-7,9H,8H2,1-2H3,(H,14,17). The van der Waals surface area contributed by atoms with E-state index in [1.165, 1.54) is 18.3 Å². The lowest BCUT2D eigenvalue weighted by Gasteiger charge is -2.36. The van der Waals surface area contributed by atoms with E-state index in [0.29, 0.717) is 6.54 Å². The average Bonchev–Trinajstić information content (AvgIpc) is 2.96. The van der Waals surface area contributed by atoms with Crippen molar-refractivity contribution in [2.45, 2.75) is 13.0 Å². The minimum absolute atomic E-state index is 0.00483. The molecule has 0 aromatic carbocycles. The summed E-state index contributed by atoms with van der Waals surface area (Å²) in [7, 11) is 1.33. The van der Waals surface area contributed by atoms with Gasteiger partial charge in [-0.15, -0.1) is 0 Å². The van der Waals surface area contributed by atoms with Gasteiger partial charge in [0.2, 0.25) is 5.71 Å². The van der Waals surface area contributed by atoms with Gasteiger partial charge in [-0.2, -0.15) is 0 Å². The highest BCUT2D eigenvalue weighted by Crippen LogP contribution is 2.11. The zero-order valence-electron chi connectivity index (χ0n) is 11.2. The molecule has 1 saturated heterocycles. The third-order valence-corrected chi connectivity index (χ3v) is 2.75. The second-order valence-electron chi connectivity index (χ2n) is 4.10. The Hall–Kier alpha value is -2.57. The van der Waals surface area contributed by atoms with Gasteiger partial charge in [-0.3, -0.25) is 9.59 Å². The maximum Gasteiger partial charge on any atom is 0.277 e. The molecule has 0 bridgehead atoms. The summed E-state index contributed by atoms with van der Waals surface area (Å²) in [5, 5.41) is 6.22. The number of carbonyl (C=O) groups excluding carboxylic acids is 2. The minimum Gasteiger partial charge on any atom is -0.462 e. The van der Waals surface area contributed by atoms with Gasteiger partial charge in [0.1, 0.15) is 13.2 Å². The Morgan fingerprint density at radius 1 is 1.65 bits per heavy atom. The zero-order valence-corrected chi connectivity index (χ0v) is 11.2. The lowest BCUT2D eigenvalue weighted by Crippen LogP contribution is -2.62. The smallest absolute Gasteiger partial charge is 0.277 e. The fourth-order valence-corrected chi connectivity index (χ4v) is 1.80. The summed E-state index contributed by atoms with van der Waals surface area (Å²) in [4.78, 5) is 29.9. The summed E-state index contributed by atoms with van der Waals surface area (Å²) in [6, 6.07) is 2.68. The van der Waals surface area contributed by atoms with E-state index in [-0.39, 0.29) is 17.4 Å². The molecule has 1 N–H and O–H groups in total. The normalized spacial score (nSPS) is 19.1. The molecule has 2 heterocycles. The maximum absolute atomic E-state index is 12.1. The van der Waals surface area contributed by atoms with E-state index >= 15 is 0 Å². The van der Waals surface area contributed by atoms with Crippen LogP contribution in [-0.4, -0.2) is 42.1 Å². The van der Waals surface area contributed by atoms with Crippen molar-refractivity contribution in [3.05, 3.63) is 36.4 Å². The lowest BCUT2D eigenvalue weighted by molar-refractivity contribution is -0.142. The van der Waals surface area contributed by atoms with Gasteiger partial charge >= 0.3 is 0 Å². The Morgan fingerprint density at radius 2 is 2.45 bits per heavy atom. The van der Waals surface area contributed by atoms with Gasteiger partial charge in [-0.1, -0.05) is 11.2 Å². The summed E-state index contributed by atoms with van der Waals surface area (Å²) >= 11 is 0. The van der Waals surface area contributed by atoms with Gasteiger partial charge in [0, 0.05) is 6.20 Å². The fourth-order valence-electron chi connectivity index (χ4n) is 1.80. The molecule has 106 valence electrons. The van der Waals surface area contributed by atoms with Crippen LogP contribution in [0.5, 0.6) is 0 Å². The number of allylic oxidation sites excluding steroid dienone is 1. The number of amides is 2. The van der Waals surface area contributed by atoms with Crippen LogP contribution in [0.1, 0.15) is 12.7 Å². The summed E-state index contributed by atoms with van der Waals surface area (Å²) in [6.45, 7) is 2.26. The van der Waals surface area contributed by atoms with Gasteiger partial charge in [-0.05, 0) is 19.1 Å². The van der Waals surface area contributed by atoms with Crippen LogP contribution in [0, 0.1) is 0 Å². The van der Waals surface area contributed by atoms with Crippen LogP contribution in [0.15, 0.2) is 40.2 Å². The van der Waals surface area contributed by atoms with Gasteiger partial charge in [0.15, 0.2) is 5.76 Å². The van der Waals surface area contributed by atoms with Crippen molar-refractivity contribution < 1.29 is 18.8 Å². The molecule has 1 atom stereocenters. The molecule has 7 heteroatoms. The number of furan rings is 1. The molecular weight excluding hydrogens is 262 g/mol. The maximum atomic E-state index is 12.1. The van der Waals surface area contributed by atoms with Crippen molar-refractivity contribution in [2.24, 2.45) is 5.16 Å². The topological polar surface area (TPSA) is 84.1 Å². The zero-order chi connectivity index (χ0) is 14.5. The monoisotopic (exact) mass is 277 g/mol. The molecule has 20 heavy (non-hydrogen) atoms. The van der Waals surface area contributed by atoms with E-state index < -0.39 is 11.9 Å². The van der Waals surface area contributed by atoms with Crippen LogP contribution < -0.4 is 5.32 Å². The van der Waals surface area contributed by atoms with Crippen molar-refractivity contribution in [3.63, 3.8) is 0 Å². The van der Waals surface area contributed by atoms with Crippen LogP contribution in [0.3, 0.4) is 0 Å². The number of oxime groups is 1. The van der Waals surface area contributed by atoms with Gasteiger partial charge in [0.25, 0.3) is 11.8 Å². The average molecular weight is 277 g/mol. The highest BCUT2D eigenvalue weighted by Gasteiger charge is 2.37. The number of carbonyl (C=O) groups is 2. The van der Waals surface area contributed by atoms with E-state index in [4.69, 9.17) is 4.42 Å². The highest BCUT2D eigenvalue weighted by atomic mass is 16.6. The summed E-state index contributed by atoms with van der Waals surface area (Å²) in [6.07, 6.45) is 4.86. The molecule has 1 unspecified atom stereocenters. The van der Waals surface area contributed by atoms with Crippen LogP contribution in [0.4, 0.5) is 0 Å². The molecule has 0 radical (unpaired) electrons. The molecule has 0 aliphatic carbocycles. The number of rotatable bonds is 5. The van der Waals surface area contributed by atoms with Crippen molar-refractivity contribution in [1.82, 2.24) is 10.2 Å². The van der Waals surface area contributed by atoms with E-state index in [0.717, 1.165) is 0 Å². The molecule has 2 amide bonds. The minimum atomic E-state index is -0.546. The largest absolute Gasteiger partial charge is 0.462 e. The van der Waals surface area contributed by atoms with E-state index in [1.807, 2.05) is 6.92 Å². The Bertz CT molecular complexity index is 548. The fraction of sp³-hybridized carbons (Fsp3) is 0.308.